The molecule has 0 aliphatic heterocycles. The number of halogens is 1. The monoisotopic (exact) mass is 400 g/mol. The van der Waals surface area contributed by atoms with Crippen LogP contribution >= 0.6 is 11.6 Å². The van der Waals surface area contributed by atoms with Crippen molar-refractivity contribution in [1.82, 2.24) is 4.57 Å². The third kappa shape index (κ3) is 3.83. The summed E-state index contributed by atoms with van der Waals surface area (Å²) in [5.74, 6) is -0.578. The fourth-order valence-electron chi connectivity index (χ4n) is 2.26. The van der Waals surface area contributed by atoms with Gasteiger partial charge in [0.25, 0.3) is 5.56 Å². The molecule has 0 saturated carbocycles. The summed E-state index contributed by atoms with van der Waals surface area (Å²) in [6.07, 6.45) is 1.17. The number of methoxy groups -OCH3 is 1. The van der Waals surface area contributed by atoms with Gasteiger partial charge in [0, 0.05) is 11.2 Å². The number of carbonyl (C=O) groups excluding carboxylic acids is 1. The Bertz CT molecular complexity index is 1000. The molecule has 0 radical (unpaired) electrons. The summed E-state index contributed by atoms with van der Waals surface area (Å²) >= 11 is 5.88. The molecule has 10 heteroatoms. The van der Waals surface area contributed by atoms with Crippen molar-refractivity contribution in [2.24, 2.45) is 0 Å². The molecule has 2 rings (SSSR count). The van der Waals surface area contributed by atoms with E-state index in [2.05, 4.69) is 0 Å². The fraction of sp³-hybridized carbons (Fsp3) is 0.250. The number of rotatable bonds is 6. The molecule has 0 aliphatic rings. The molecule has 0 unspecified atom stereocenters. The van der Waals surface area contributed by atoms with E-state index in [4.69, 9.17) is 26.8 Å². The van der Waals surface area contributed by atoms with Gasteiger partial charge in [-0.1, -0.05) is 11.6 Å². The number of nitrogen functional groups attached to an aromatic ring is 1. The zero-order valence-corrected chi connectivity index (χ0v) is 15.6. The lowest BCUT2D eigenvalue weighted by molar-refractivity contribution is -0.143. The second-order valence-electron chi connectivity index (χ2n) is 5.13. The van der Waals surface area contributed by atoms with Crippen LogP contribution in [0.1, 0.15) is 6.92 Å². The fourth-order valence-corrected chi connectivity index (χ4v) is 4.05. The second kappa shape index (κ2) is 7.79. The first-order valence-corrected chi connectivity index (χ1v) is 9.31. The van der Waals surface area contributed by atoms with Crippen LogP contribution in [0, 0.1) is 0 Å². The molecule has 0 aliphatic carbocycles. The van der Waals surface area contributed by atoms with Gasteiger partial charge in [0.1, 0.15) is 27.8 Å². The van der Waals surface area contributed by atoms with Gasteiger partial charge in [0.05, 0.1) is 13.7 Å². The molecule has 1 aromatic carbocycles. The third-order valence-corrected chi connectivity index (χ3v) is 5.54. The van der Waals surface area contributed by atoms with Crippen LogP contribution < -0.4 is 16.0 Å². The molecule has 0 saturated heterocycles. The first kappa shape index (κ1) is 19.8. The van der Waals surface area contributed by atoms with E-state index in [1.165, 1.54) is 31.5 Å². The summed E-state index contributed by atoms with van der Waals surface area (Å²) < 4.78 is 36.6. The minimum atomic E-state index is -4.18. The predicted molar refractivity (Wildman–Crippen MR) is 95.2 cm³/mol. The van der Waals surface area contributed by atoms with Gasteiger partial charge in [0.15, 0.2) is 0 Å². The number of sulfone groups is 1. The first-order valence-electron chi connectivity index (χ1n) is 7.45. The summed E-state index contributed by atoms with van der Waals surface area (Å²) in [4.78, 5) is 23.2. The van der Waals surface area contributed by atoms with E-state index >= 15 is 0 Å². The maximum atomic E-state index is 12.9. The highest BCUT2D eigenvalue weighted by atomic mass is 35.5. The van der Waals surface area contributed by atoms with Gasteiger partial charge in [-0.25, -0.2) is 8.42 Å². The van der Waals surface area contributed by atoms with Gasteiger partial charge in [-0.3, -0.25) is 9.59 Å². The zero-order chi connectivity index (χ0) is 19.5. The van der Waals surface area contributed by atoms with Crippen molar-refractivity contribution in [1.29, 1.82) is 0 Å². The van der Waals surface area contributed by atoms with E-state index in [-0.39, 0.29) is 28.8 Å². The van der Waals surface area contributed by atoms with Crippen molar-refractivity contribution >= 4 is 33.1 Å². The Kier molecular flexibility index (Phi) is 5.94. The van der Waals surface area contributed by atoms with E-state index in [0.29, 0.717) is 0 Å². The molecule has 0 bridgehead atoms. The Morgan fingerprint density at radius 3 is 2.58 bits per heavy atom. The minimum Gasteiger partial charge on any atom is -0.495 e. The number of nitrogens with zero attached hydrogens (tertiary/aromatic N) is 1. The molecule has 2 aromatic rings. The number of pyridine rings is 1. The number of nitrogens with two attached hydrogens (primary N) is 1. The minimum absolute atomic E-state index is 0.0597. The SMILES string of the molecule is CCOC(=O)Cn1ccc(S(=O)(=O)c2cc(Cl)ccc2OC)c(N)c1=O. The highest BCUT2D eigenvalue weighted by Crippen LogP contribution is 2.33. The van der Waals surface area contributed by atoms with Crippen LogP contribution in [0.2, 0.25) is 5.02 Å². The summed E-state index contributed by atoms with van der Waals surface area (Å²) in [6.45, 7) is 1.41. The normalized spacial score (nSPS) is 11.2. The lowest BCUT2D eigenvalue weighted by Crippen LogP contribution is -2.28. The van der Waals surface area contributed by atoms with Gasteiger partial charge in [0.2, 0.25) is 9.84 Å². The quantitative estimate of drug-likeness (QED) is 0.729. The summed E-state index contributed by atoms with van der Waals surface area (Å²) in [5, 5.41) is 0.179. The molecular weight excluding hydrogens is 384 g/mol. The summed E-state index contributed by atoms with van der Waals surface area (Å²) in [6, 6.07) is 5.22. The number of anilines is 1. The molecule has 1 aromatic heterocycles. The molecule has 140 valence electrons. The maximum absolute atomic E-state index is 12.9. The van der Waals surface area contributed by atoms with E-state index < -0.39 is 31.9 Å². The molecule has 0 atom stereocenters. The van der Waals surface area contributed by atoms with Crippen molar-refractivity contribution < 1.29 is 22.7 Å². The van der Waals surface area contributed by atoms with Crippen LogP contribution in [0.5, 0.6) is 5.75 Å². The molecule has 0 amide bonds. The lowest BCUT2D eigenvalue weighted by Gasteiger charge is -2.13. The molecule has 2 N–H and O–H groups in total. The lowest BCUT2D eigenvalue weighted by atomic mass is 10.3. The number of benzene rings is 1. The van der Waals surface area contributed by atoms with Crippen molar-refractivity contribution in [2.75, 3.05) is 19.5 Å². The van der Waals surface area contributed by atoms with Gasteiger partial charge in [-0.15, -0.1) is 0 Å². The van der Waals surface area contributed by atoms with E-state index in [9.17, 15) is 18.0 Å². The Labute approximate surface area is 155 Å². The number of hydrogen-bond acceptors (Lipinski definition) is 7. The molecule has 0 spiro atoms. The van der Waals surface area contributed by atoms with Crippen molar-refractivity contribution in [2.45, 2.75) is 23.3 Å². The van der Waals surface area contributed by atoms with Crippen LogP contribution in [0.25, 0.3) is 0 Å². The number of aromatic nitrogens is 1. The summed E-state index contributed by atoms with van der Waals surface area (Å²) in [5.41, 5.74) is 4.41. The molecule has 0 fully saturated rings. The highest BCUT2D eigenvalue weighted by Gasteiger charge is 2.27. The van der Waals surface area contributed by atoms with Crippen LogP contribution in [-0.4, -0.2) is 32.7 Å². The van der Waals surface area contributed by atoms with Crippen LogP contribution in [0.3, 0.4) is 0 Å². The molecule has 26 heavy (non-hydrogen) atoms. The first-order chi connectivity index (χ1) is 12.2. The Morgan fingerprint density at radius 1 is 1.27 bits per heavy atom. The third-order valence-electron chi connectivity index (χ3n) is 3.47. The largest absolute Gasteiger partial charge is 0.495 e. The van der Waals surface area contributed by atoms with Gasteiger partial charge < -0.3 is 19.8 Å². The van der Waals surface area contributed by atoms with Crippen molar-refractivity contribution in [3.05, 3.63) is 45.8 Å². The average molecular weight is 401 g/mol. The second-order valence-corrected chi connectivity index (χ2v) is 7.45. The van der Waals surface area contributed by atoms with Crippen molar-refractivity contribution in [3.8, 4) is 5.75 Å². The molecule has 1 heterocycles. The average Bonchev–Trinajstić information content (AvgIpc) is 2.59. The smallest absolute Gasteiger partial charge is 0.326 e. The zero-order valence-electron chi connectivity index (χ0n) is 14.1. The molecule has 8 nitrogen and oxygen atoms in total. The number of carbonyl (C=O) groups is 1. The van der Waals surface area contributed by atoms with Crippen LogP contribution in [-0.2, 0) is 25.9 Å². The number of ether oxygens (including phenoxy) is 2. The van der Waals surface area contributed by atoms with Gasteiger partial charge in [-0.05, 0) is 31.2 Å². The van der Waals surface area contributed by atoms with Gasteiger partial charge >= 0.3 is 5.97 Å². The molecular formula is C16H17ClN2O6S. The highest BCUT2D eigenvalue weighted by molar-refractivity contribution is 7.91. The van der Waals surface area contributed by atoms with E-state index in [1.807, 2.05) is 0 Å². The van der Waals surface area contributed by atoms with Crippen LogP contribution in [0.4, 0.5) is 5.69 Å². The number of esters is 1. The van der Waals surface area contributed by atoms with Crippen LogP contribution in [0.15, 0.2) is 45.0 Å². The van der Waals surface area contributed by atoms with Crippen molar-refractivity contribution in [3.63, 3.8) is 0 Å². The standard InChI is InChI=1S/C16H17ClN2O6S/c1-3-25-14(20)9-19-7-6-12(15(18)16(19)21)26(22,23)13-8-10(17)4-5-11(13)24-2/h4-8H,3,9,18H2,1-2H3. The predicted octanol–water partition coefficient (Wildman–Crippen LogP) is 1.49. The van der Waals surface area contributed by atoms with Gasteiger partial charge in [-0.2, -0.15) is 0 Å². The van der Waals surface area contributed by atoms with E-state index in [1.54, 1.807) is 6.92 Å². The topological polar surface area (TPSA) is 118 Å². The Balaban J connectivity index is 2.56. The Hall–Kier alpha value is -2.52. The number of hydrogen-bond donors (Lipinski definition) is 1. The summed E-state index contributed by atoms with van der Waals surface area (Å²) in [7, 11) is -2.87. The maximum Gasteiger partial charge on any atom is 0.326 e. The van der Waals surface area contributed by atoms with E-state index in [0.717, 1.165) is 10.6 Å². The Morgan fingerprint density at radius 2 is 1.96 bits per heavy atom.